The van der Waals surface area contributed by atoms with E-state index in [0.29, 0.717) is 64.3 Å². The summed E-state index contributed by atoms with van der Waals surface area (Å²) in [7, 11) is 5.99. The number of hydrogen-bond acceptors (Lipinski definition) is 18. The number of esters is 3. The van der Waals surface area contributed by atoms with Gasteiger partial charge in [-0.2, -0.15) is 0 Å². The number of carboxylic acids is 1. The zero-order valence-corrected chi connectivity index (χ0v) is 49.4. The number of fused-ring (bicyclic) bond motifs is 3. The molecule has 2 aliphatic carbocycles. The lowest BCUT2D eigenvalue weighted by Crippen LogP contribution is -2.37. The van der Waals surface area contributed by atoms with E-state index in [4.69, 9.17) is 61.6 Å². The summed E-state index contributed by atoms with van der Waals surface area (Å²) in [5, 5.41) is 20.3. The Bertz CT molecular complexity index is 3020. The second-order valence-electron chi connectivity index (χ2n) is 22.1. The lowest BCUT2D eigenvalue weighted by molar-refractivity contribution is -0.153. The van der Waals surface area contributed by atoms with Gasteiger partial charge in [0.1, 0.15) is 64.6 Å². The fourth-order valence-electron chi connectivity index (χ4n) is 11.1. The molecule has 0 aromatic heterocycles. The molecule has 4 aromatic carbocycles. The molecule has 456 valence electrons. The summed E-state index contributed by atoms with van der Waals surface area (Å²) in [6.45, 7) is 7.09. The van der Waals surface area contributed by atoms with Crippen molar-refractivity contribution in [1.29, 1.82) is 0 Å². The molecule has 0 radical (unpaired) electrons. The molecule has 3 heterocycles. The summed E-state index contributed by atoms with van der Waals surface area (Å²) in [4.78, 5) is 52.1. The Morgan fingerprint density at radius 1 is 0.729 bits per heavy atom. The van der Waals surface area contributed by atoms with Gasteiger partial charge in [0, 0.05) is 38.2 Å². The third-order valence-electron chi connectivity index (χ3n) is 15.1. The molecular weight excluding hydrogens is 1100 g/mol. The average molecular weight is 1180 g/mol. The second-order valence-corrected chi connectivity index (χ2v) is 22.1. The van der Waals surface area contributed by atoms with Crippen LogP contribution in [0.15, 0.2) is 121 Å². The number of aliphatic hydroxyl groups is 1. The van der Waals surface area contributed by atoms with Crippen LogP contribution < -0.4 is 18.9 Å². The van der Waals surface area contributed by atoms with E-state index in [9.17, 15) is 29.4 Å². The summed E-state index contributed by atoms with van der Waals surface area (Å²) in [6.07, 6.45) is 15.8. The van der Waals surface area contributed by atoms with Crippen molar-refractivity contribution in [2.45, 2.75) is 139 Å². The van der Waals surface area contributed by atoms with Crippen LogP contribution in [0.1, 0.15) is 132 Å². The molecule has 0 bridgehead atoms. The van der Waals surface area contributed by atoms with E-state index in [-0.39, 0.29) is 42.8 Å². The van der Waals surface area contributed by atoms with Crippen molar-refractivity contribution >= 4 is 36.0 Å². The van der Waals surface area contributed by atoms with Crippen LogP contribution in [0.25, 0.3) is 12.2 Å². The highest BCUT2D eigenvalue weighted by Gasteiger charge is 2.47. The van der Waals surface area contributed by atoms with E-state index in [1.807, 2.05) is 56.4 Å². The van der Waals surface area contributed by atoms with E-state index >= 15 is 0 Å². The molecule has 85 heavy (non-hydrogen) atoms. The number of methoxy groups -OCH3 is 4. The highest BCUT2D eigenvalue weighted by atomic mass is 16.8. The molecule has 10 atom stereocenters. The first-order valence-corrected chi connectivity index (χ1v) is 28.6. The van der Waals surface area contributed by atoms with Gasteiger partial charge in [-0.05, 0) is 132 Å². The first-order chi connectivity index (χ1) is 40.9. The Morgan fingerprint density at radius 2 is 1.38 bits per heavy atom. The monoisotopic (exact) mass is 1170 g/mol. The minimum atomic E-state index is -1.17. The number of benzene rings is 4. The first-order valence-electron chi connectivity index (χ1n) is 28.6. The molecule has 0 amide bonds. The predicted molar refractivity (Wildman–Crippen MR) is 312 cm³/mol. The number of hydrogen-bond donors (Lipinski definition) is 2. The molecule has 19 heteroatoms. The Hall–Kier alpha value is -7.36. The van der Waals surface area contributed by atoms with Crippen LogP contribution in [0.3, 0.4) is 0 Å². The molecule has 4 aromatic rings. The van der Waals surface area contributed by atoms with Gasteiger partial charge in [0.25, 0.3) is 0 Å². The fourth-order valence-corrected chi connectivity index (χ4v) is 11.1. The number of aliphatic hydroxyl groups excluding tert-OH is 1. The Labute approximate surface area is 496 Å². The summed E-state index contributed by atoms with van der Waals surface area (Å²) in [5.41, 5.74) is 2.06. The van der Waals surface area contributed by atoms with Crippen molar-refractivity contribution in [2.24, 2.45) is 11.8 Å². The molecule has 9 rings (SSSR count). The molecule has 5 aliphatic rings. The van der Waals surface area contributed by atoms with Crippen molar-refractivity contribution in [3.8, 4) is 23.0 Å². The second kappa shape index (κ2) is 29.6. The number of aromatic carboxylic acids is 1. The highest BCUT2D eigenvalue weighted by Crippen LogP contribution is 2.40. The molecular formula is C66H78O19. The summed E-state index contributed by atoms with van der Waals surface area (Å²) >= 11 is 0. The van der Waals surface area contributed by atoms with Crippen molar-refractivity contribution in [1.82, 2.24) is 0 Å². The smallest absolute Gasteiger partial charge is 0.342 e. The van der Waals surface area contributed by atoms with Gasteiger partial charge < -0.3 is 71.8 Å². The minimum Gasteiger partial charge on any atom is -0.497 e. The van der Waals surface area contributed by atoms with Gasteiger partial charge in [0.15, 0.2) is 25.2 Å². The fraction of sp³-hybridized carbons (Fsp3) is 0.455. The molecule has 3 aliphatic heterocycles. The lowest BCUT2D eigenvalue weighted by atomic mass is 9.98. The van der Waals surface area contributed by atoms with Crippen LogP contribution in [0.2, 0.25) is 0 Å². The third-order valence-corrected chi connectivity index (χ3v) is 15.1. The summed E-state index contributed by atoms with van der Waals surface area (Å²) in [6, 6.07) is 24.1. The average Bonchev–Trinajstić information content (AvgIpc) is 3.04. The minimum absolute atomic E-state index is 0.0383. The van der Waals surface area contributed by atoms with Crippen molar-refractivity contribution in [3.63, 3.8) is 0 Å². The first kappa shape index (κ1) is 63.7. The zero-order valence-electron chi connectivity index (χ0n) is 49.4. The number of carbonyl (C=O) groups is 4. The van der Waals surface area contributed by atoms with Crippen LogP contribution in [-0.2, 0) is 42.6 Å². The van der Waals surface area contributed by atoms with E-state index in [1.165, 1.54) is 27.4 Å². The van der Waals surface area contributed by atoms with Crippen LogP contribution in [-0.4, -0.2) is 137 Å². The van der Waals surface area contributed by atoms with Crippen LogP contribution in [0, 0.1) is 11.8 Å². The Kier molecular flexibility index (Phi) is 22.2. The summed E-state index contributed by atoms with van der Waals surface area (Å²) in [5.74, 6) is -3.21. The highest BCUT2D eigenvalue weighted by molar-refractivity contribution is 5.97. The van der Waals surface area contributed by atoms with Crippen molar-refractivity contribution < 1.29 is 91.0 Å². The van der Waals surface area contributed by atoms with Crippen LogP contribution in [0.5, 0.6) is 23.0 Å². The van der Waals surface area contributed by atoms with E-state index in [2.05, 4.69) is 0 Å². The Morgan fingerprint density at radius 3 is 2.04 bits per heavy atom. The maximum atomic E-state index is 13.7. The van der Waals surface area contributed by atoms with E-state index in [0.717, 1.165) is 32.1 Å². The number of ether oxygens (including phenoxy) is 13. The topological polar surface area (TPSA) is 229 Å². The summed E-state index contributed by atoms with van der Waals surface area (Å²) < 4.78 is 75.4. The molecule has 2 saturated heterocycles. The standard InChI is InChI=1S/C33H40O10.C33H38O9/c1-33(2)42-27(15-9-13-23-18-24(39-4)19-28(40-20-38-3)29(23)31(35)36)30(43-33)26(17-16-21-12-8-14-25(21)34)41-32(37)22-10-6-5-7-11-22;1-33(2)41-27-15-9-13-23-18-24(37-4)19-28(38-20-36-3)29(23)32(35)39-25-14-8-12-21(25)16-17-26(30(27)42-33)40-31(34)22-10-6-5-7-11-22/h5-7,9-11,13,16-19,21,25-27,30,34H,8,12,14-15,20H2,1-4H3,(H,35,36);5-7,9-11,13,16-19,21,25-27,30H,8,12,14-15,20H2,1-4H3/b2*13-9+,17-16-/t2*21-,25+,26?,27-,30+/m00/s1. The third kappa shape index (κ3) is 17.0. The van der Waals surface area contributed by atoms with Crippen molar-refractivity contribution in [2.75, 3.05) is 42.0 Å². The number of carbonyl (C=O) groups excluding carboxylic acids is 3. The molecule has 2 saturated carbocycles. The maximum Gasteiger partial charge on any atom is 0.342 e. The van der Waals surface area contributed by atoms with Crippen LogP contribution >= 0.6 is 0 Å². The van der Waals surface area contributed by atoms with Crippen molar-refractivity contribution in [3.05, 3.63) is 155 Å². The predicted octanol–water partition coefficient (Wildman–Crippen LogP) is 11.0. The van der Waals surface area contributed by atoms with Gasteiger partial charge in [-0.3, -0.25) is 0 Å². The van der Waals surface area contributed by atoms with Gasteiger partial charge in [-0.1, -0.05) is 79.3 Å². The van der Waals surface area contributed by atoms with Gasteiger partial charge in [0.05, 0.1) is 43.7 Å². The van der Waals surface area contributed by atoms with Gasteiger partial charge >= 0.3 is 23.9 Å². The van der Waals surface area contributed by atoms with E-state index in [1.54, 1.807) is 106 Å². The maximum absolute atomic E-state index is 13.7. The molecule has 19 nitrogen and oxygen atoms in total. The lowest BCUT2D eigenvalue weighted by Gasteiger charge is -2.25. The van der Waals surface area contributed by atoms with Crippen LogP contribution in [0.4, 0.5) is 0 Å². The molecule has 2 unspecified atom stereocenters. The molecule has 2 N–H and O–H groups in total. The number of carboxylic acid groups (broad SMARTS) is 1. The largest absolute Gasteiger partial charge is 0.497 e. The quantitative estimate of drug-likeness (QED) is 0.0385. The normalized spacial score (nSPS) is 26.1. The van der Waals surface area contributed by atoms with Gasteiger partial charge in [-0.15, -0.1) is 0 Å². The van der Waals surface area contributed by atoms with E-state index < -0.39 is 78.2 Å². The molecule has 0 spiro atoms. The zero-order chi connectivity index (χ0) is 60.7. The SMILES string of the molecule is COCOc1cc(OC)cc(/C=C/C[C@@H]2OC(C)(C)O[C@@H]2C(/C=C\[C@@H]2CCC[C@H]2O)OC(=O)c2ccccc2)c1C(=O)O.COCOc1cc(OC)cc2c1C(=O)O[C@@H]1CCC[C@H]1/C=C\C(OC(=O)c1ccccc1)[C@H]1OC(C)(C)O[C@H]1C/C=C/2. The number of rotatable bonds is 19. The molecule has 4 fully saturated rings. The Balaban J connectivity index is 0.000000221. The van der Waals surface area contributed by atoms with Gasteiger partial charge in [0.2, 0.25) is 0 Å². The van der Waals surface area contributed by atoms with Gasteiger partial charge in [-0.25, -0.2) is 19.2 Å².